The second-order valence-corrected chi connectivity index (χ2v) is 3.68. The van der Waals surface area contributed by atoms with Gasteiger partial charge in [0.25, 0.3) is 0 Å². The molecular weight excluding hydrogens is 140 g/mol. The molecule has 0 aromatic carbocycles. The molecule has 1 saturated carbocycles. The van der Waals surface area contributed by atoms with Gasteiger partial charge in [0, 0.05) is 6.42 Å². The van der Waals surface area contributed by atoms with Crippen molar-refractivity contribution >= 4 is 5.97 Å². The summed E-state index contributed by atoms with van der Waals surface area (Å²) in [6, 6.07) is 0. The minimum atomic E-state index is 0.0272. The van der Waals surface area contributed by atoms with Gasteiger partial charge in [0.1, 0.15) is 6.10 Å². The summed E-state index contributed by atoms with van der Waals surface area (Å²) >= 11 is 0. The second kappa shape index (κ2) is 2.84. The first-order chi connectivity index (χ1) is 5.34. The van der Waals surface area contributed by atoms with E-state index >= 15 is 0 Å². The highest BCUT2D eigenvalue weighted by Gasteiger charge is 2.28. The third-order valence-corrected chi connectivity index (χ3v) is 2.79. The lowest BCUT2D eigenvalue weighted by Gasteiger charge is -2.24. The van der Waals surface area contributed by atoms with Crippen LogP contribution in [0.4, 0.5) is 0 Å². The van der Waals surface area contributed by atoms with Gasteiger partial charge in [0.2, 0.25) is 0 Å². The molecule has 1 aliphatic carbocycles. The van der Waals surface area contributed by atoms with Gasteiger partial charge in [0.05, 0.1) is 0 Å². The summed E-state index contributed by atoms with van der Waals surface area (Å²) < 4.78 is 5.24. The van der Waals surface area contributed by atoms with Crippen LogP contribution in [0, 0.1) is 5.92 Å². The summed E-state index contributed by atoms with van der Waals surface area (Å²) in [7, 11) is 0. The Morgan fingerprint density at radius 1 is 1.27 bits per heavy atom. The fourth-order valence-electron chi connectivity index (χ4n) is 2.18. The minimum Gasteiger partial charge on any atom is -0.462 e. The summed E-state index contributed by atoms with van der Waals surface area (Å²) in [6.45, 7) is 0. The molecule has 62 valence electrons. The van der Waals surface area contributed by atoms with Crippen LogP contribution in [-0.4, -0.2) is 12.1 Å². The molecule has 2 heteroatoms. The summed E-state index contributed by atoms with van der Waals surface area (Å²) in [5, 5.41) is 0. The Balaban J connectivity index is 2.04. The van der Waals surface area contributed by atoms with E-state index in [0.717, 1.165) is 25.2 Å². The topological polar surface area (TPSA) is 26.3 Å². The van der Waals surface area contributed by atoms with Gasteiger partial charge in [-0.25, -0.2) is 0 Å². The largest absolute Gasteiger partial charge is 0.462 e. The van der Waals surface area contributed by atoms with Crippen LogP contribution in [-0.2, 0) is 9.53 Å². The molecule has 2 atom stereocenters. The lowest BCUT2D eigenvalue weighted by Crippen LogP contribution is -2.20. The highest BCUT2D eigenvalue weighted by atomic mass is 16.5. The second-order valence-electron chi connectivity index (χ2n) is 3.68. The Kier molecular flexibility index (Phi) is 1.84. The van der Waals surface area contributed by atoms with E-state index in [-0.39, 0.29) is 12.1 Å². The summed E-state index contributed by atoms with van der Waals surface area (Å²) in [4.78, 5) is 11.0. The van der Waals surface area contributed by atoms with E-state index in [1.54, 1.807) is 0 Å². The molecule has 2 rings (SSSR count). The third-order valence-electron chi connectivity index (χ3n) is 2.79. The third kappa shape index (κ3) is 1.55. The van der Waals surface area contributed by atoms with Crippen molar-refractivity contribution in [3.8, 4) is 0 Å². The molecule has 1 heterocycles. The SMILES string of the molecule is O=C1CCC2CCCC(C2)O1. The monoisotopic (exact) mass is 154 g/mol. The van der Waals surface area contributed by atoms with Crippen molar-refractivity contribution in [2.24, 2.45) is 5.92 Å². The number of rotatable bonds is 0. The maximum absolute atomic E-state index is 11.0. The van der Waals surface area contributed by atoms with Crippen LogP contribution in [0.1, 0.15) is 38.5 Å². The fourth-order valence-corrected chi connectivity index (χ4v) is 2.18. The molecule has 2 nitrogen and oxygen atoms in total. The van der Waals surface area contributed by atoms with Crippen LogP contribution >= 0.6 is 0 Å². The zero-order valence-electron chi connectivity index (χ0n) is 6.71. The van der Waals surface area contributed by atoms with Crippen molar-refractivity contribution in [3.63, 3.8) is 0 Å². The summed E-state index contributed by atoms with van der Waals surface area (Å²) in [5.41, 5.74) is 0. The quantitative estimate of drug-likeness (QED) is 0.498. The number of hydrogen-bond acceptors (Lipinski definition) is 2. The molecule has 0 radical (unpaired) electrons. The Hall–Kier alpha value is -0.530. The van der Waals surface area contributed by atoms with Crippen molar-refractivity contribution in [3.05, 3.63) is 0 Å². The van der Waals surface area contributed by atoms with Crippen LogP contribution in [0.3, 0.4) is 0 Å². The first-order valence-electron chi connectivity index (χ1n) is 4.54. The maximum Gasteiger partial charge on any atom is 0.306 e. The number of carbonyl (C=O) groups is 1. The van der Waals surface area contributed by atoms with E-state index in [4.69, 9.17) is 4.74 Å². The van der Waals surface area contributed by atoms with Gasteiger partial charge >= 0.3 is 5.97 Å². The molecule has 11 heavy (non-hydrogen) atoms. The molecule has 1 saturated heterocycles. The smallest absolute Gasteiger partial charge is 0.306 e. The maximum atomic E-state index is 11.0. The molecule has 2 aliphatic rings. The Bertz CT molecular complexity index is 165. The van der Waals surface area contributed by atoms with Crippen LogP contribution in [0.2, 0.25) is 0 Å². The number of fused-ring (bicyclic) bond motifs is 2. The van der Waals surface area contributed by atoms with Crippen LogP contribution in [0.5, 0.6) is 0 Å². The Morgan fingerprint density at radius 2 is 2.18 bits per heavy atom. The van der Waals surface area contributed by atoms with Crippen LogP contribution in [0.15, 0.2) is 0 Å². The fraction of sp³-hybridized carbons (Fsp3) is 0.889. The molecule has 0 spiro atoms. The minimum absolute atomic E-state index is 0.0272. The Morgan fingerprint density at radius 3 is 3.09 bits per heavy atom. The molecule has 2 fully saturated rings. The number of ether oxygens (including phenoxy) is 1. The van der Waals surface area contributed by atoms with Gasteiger partial charge in [-0.1, -0.05) is 6.42 Å². The van der Waals surface area contributed by atoms with Gasteiger partial charge in [-0.15, -0.1) is 0 Å². The van der Waals surface area contributed by atoms with Gasteiger partial charge in [-0.05, 0) is 31.6 Å². The van der Waals surface area contributed by atoms with Gasteiger partial charge < -0.3 is 4.74 Å². The molecule has 2 bridgehead atoms. The van der Waals surface area contributed by atoms with Gasteiger partial charge in [-0.3, -0.25) is 4.79 Å². The lowest BCUT2D eigenvalue weighted by atomic mass is 9.85. The molecule has 2 unspecified atom stereocenters. The van der Waals surface area contributed by atoms with Crippen molar-refractivity contribution in [1.82, 2.24) is 0 Å². The van der Waals surface area contributed by atoms with E-state index in [9.17, 15) is 4.79 Å². The lowest BCUT2D eigenvalue weighted by molar-refractivity contribution is -0.148. The summed E-state index contributed by atoms with van der Waals surface area (Å²) in [6.07, 6.45) is 6.78. The first kappa shape index (κ1) is 7.14. The normalized spacial score (nSPS) is 37.6. The van der Waals surface area contributed by atoms with E-state index in [1.807, 2.05) is 0 Å². The number of hydrogen-bond donors (Lipinski definition) is 0. The van der Waals surface area contributed by atoms with Crippen LogP contribution < -0.4 is 0 Å². The highest BCUT2D eigenvalue weighted by molar-refractivity contribution is 5.69. The Labute approximate surface area is 66.9 Å². The predicted octanol–water partition coefficient (Wildman–Crippen LogP) is 1.88. The van der Waals surface area contributed by atoms with E-state index in [2.05, 4.69) is 0 Å². The van der Waals surface area contributed by atoms with Gasteiger partial charge in [-0.2, -0.15) is 0 Å². The van der Waals surface area contributed by atoms with E-state index < -0.39 is 0 Å². The molecule has 0 N–H and O–H groups in total. The average Bonchev–Trinajstić information content (AvgIpc) is 2.12. The van der Waals surface area contributed by atoms with E-state index in [1.165, 1.54) is 12.8 Å². The number of carbonyl (C=O) groups excluding carboxylic acids is 1. The zero-order valence-corrected chi connectivity index (χ0v) is 6.71. The van der Waals surface area contributed by atoms with Crippen molar-refractivity contribution < 1.29 is 9.53 Å². The molecular formula is C9H14O2. The van der Waals surface area contributed by atoms with Crippen LogP contribution in [0.25, 0.3) is 0 Å². The average molecular weight is 154 g/mol. The molecule has 1 aliphatic heterocycles. The highest BCUT2D eigenvalue weighted by Crippen LogP contribution is 2.32. The van der Waals surface area contributed by atoms with Crippen molar-refractivity contribution in [2.45, 2.75) is 44.6 Å². The first-order valence-corrected chi connectivity index (χ1v) is 4.54. The number of esters is 1. The molecule has 0 amide bonds. The molecule has 0 aromatic heterocycles. The van der Waals surface area contributed by atoms with Crippen molar-refractivity contribution in [2.75, 3.05) is 0 Å². The van der Waals surface area contributed by atoms with Crippen molar-refractivity contribution in [1.29, 1.82) is 0 Å². The molecule has 0 aromatic rings. The zero-order chi connectivity index (χ0) is 7.68. The van der Waals surface area contributed by atoms with E-state index in [0.29, 0.717) is 6.42 Å². The predicted molar refractivity (Wildman–Crippen MR) is 41.1 cm³/mol. The van der Waals surface area contributed by atoms with Gasteiger partial charge in [0.15, 0.2) is 0 Å². The standard InChI is InChI=1S/C9H14O2/c10-9-5-4-7-2-1-3-8(6-7)11-9/h7-8H,1-6H2. The summed E-state index contributed by atoms with van der Waals surface area (Å²) in [5.74, 6) is 0.805.